The number of pyridine rings is 1. The summed E-state index contributed by atoms with van der Waals surface area (Å²) in [5, 5.41) is 15.5. The molecule has 0 saturated heterocycles. The number of nitrogens with zero attached hydrogens (tertiary/aromatic N) is 5. The highest BCUT2D eigenvalue weighted by Crippen LogP contribution is 2.31. The standard InChI is InChI=1S/C19H17F2N7OS/c1-28(14-4-2-11(20)8-12(14)21)17-5-3-13-18(27-17)30-19(25-13)26-16-9-15(22-6-7-29)23-10-24-16/h2-5,8-10,29H,6-7H2,1H3,(H2,22,23,24,25,26). The molecule has 0 unspecified atom stereocenters. The number of aliphatic hydroxyl groups excluding tert-OH is 1. The van der Waals surface area contributed by atoms with E-state index in [2.05, 4.69) is 30.6 Å². The zero-order valence-corrected chi connectivity index (χ0v) is 16.6. The Morgan fingerprint density at radius 2 is 1.90 bits per heavy atom. The first-order valence-corrected chi connectivity index (χ1v) is 9.75. The van der Waals surface area contributed by atoms with Crippen LogP contribution in [0.4, 0.5) is 37.1 Å². The summed E-state index contributed by atoms with van der Waals surface area (Å²) in [7, 11) is 1.66. The van der Waals surface area contributed by atoms with E-state index in [4.69, 9.17) is 5.11 Å². The van der Waals surface area contributed by atoms with Crippen molar-refractivity contribution in [3.8, 4) is 0 Å². The van der Waals surface area contributed by atoms with Gasteiger partial charge < -0.3 is 20.6 Å². The molecule has 0 aliphatic rings. The van der Waals surface area contributed by atoms with Gasteiger partial charge in [-0.2, -0.15) is 0 Å². The van der Waals surface area contributed by atoms with Crippen LogP contribution in [0.25, 0.3) is 10.3 Å². The first-order valence-electron chi connectivity index (χ1n) is 8.93. The van der Waals surface area contributed by atoms with Crippen molar-refractivity contribution >= 4 is 50.0 Å². The van der Waals surface area contributed by atoms with Crippen molar-refractivity contribution in [3.05, 3.63) is 54.4 Å². The molecule has 0 radical (unpaired) electrons. The van der Waals surface area contributed by atoms with Gasteiger partial charge in [0.05, 0.1) is 12.3 Å². The summed E-state index contributed by atoms with van der Waals surface area (Å²) >= 11 is 1.31. The molecule has 11 heteroatoms. The number of hydrogen-bond donors (Lipinski definition) is 3. The molecule has 4 rings (SSSR count). The first kappa shape index (κ1) is 19.9. The summed E-state index contributed by atoms with van der Waals surface area (Å²) in [6, 6.07) is 8.61. The zero-order valence-electron chi connectivity index (χ0n) is 15.8. The Kier molecular flexibility index (Phi) is 5.63. The van der Waals surface area contributed by atoms with E-state index in [9.17, 15) is 8.78 Å². The van der Waals surface area contributed by atoms with Gasteiger partial charge in [-0.1, -0.05) is 11.3 Å². The maximum Gasteiger partial charge on any atom is 0.190 e. The lowest BCUT2D eigenvalue weighted by Gasteiger charge is -2.18. The third-order valence-corrected chi connectivity index (χ3v) is 5.06. The van der Waals surface area contributed by atoms with Crippen LogP contribution in [0.1, 0.15) is 0 Å². The topological polar surface area (TPSA) is 99.1 Å². The number of nitrogens with one attached hydrogen (secondary N) is 2. The number of aliphatic hydroxyl groups is 1. The summed E-state index contributed by atoms with van der Waals surface area (Å²) in [6.07, 6.45) is 1.40. The molecular formula is C19H17F2N7OS. The molecule has 0 amide bonds. The highest BCUT2D eigenvalue weighted by molar-refractivity contribution is 7.21. The molecule has 1 aromatic carbocycles. The number of hydrogen-bond acceptors (Lipinski definition) is 9. The average Bonchev–Trinajstić information content (AvgIpc) is 3.13. The van der Waals surface area contributed by atoms with Crippen LogP contribution in [-0.2, 0) is 0 Å². The molecule has 0 aliphatic carbocycles. The number of aromatic nitrogens is 4. The van der Waals surface area contributed by atoms with Gasteiger partial charge in [0.15, 0.2) is 5.13 Å². The van der Waals surface area contributed by atoms with E-state index in [1.807, 2.05) is 0 Å². The average molecular weight is 429 g/mol. The van der Waals surface area contributed by atoms with Crippen LogP contribution in [0.5, 0.6) is 0 Å². The Bertz CT molecular complexity index is 1190. The first-order chi connectivity index (χ1) is 14.5. The predicted octanol–water partition coefficient (Wildman–Crippen LogP) is 3.68. The Balaban J connectivity index is 1.57. The number of benzene rings is 1. The largest absolute Gasteiger partial charge is 0.395 e. The fourth-order valence-corrected chi connectivity index (χ4v) is 3.58. The van der Waals surface area contributed by atoms with Crippen molar-refractivity contribution in [2.75, 3.05) is 35.7 Å². The molecule has 0 atom stereocenters. The van der Waals surface area contributed by atoms with E-state index in [1.165, 1.54) is 29.8 Å². The molecule has 0 saturated carbocycles. The van der Waals surface area contributed by atoms with E-state index >= 15 is 0 Å². The monoisotopic (exact) mass is 429 g/mol. The molecule has 0 bridgehead atoms. The fourth-order valence-electron chi connectivity index (χ4n) is 2.74. The second kappa shape index (κ2) is 8.51. The lowest BCUT2D eigenvalue weighted by molar-refractivity contribution is 0.311. The smallest absolute Gasteiger partial charge is 0.190 e. The molecule has 30 heavy (non-hydrogen) atoms. The van der Waals surface area contributed by atoms with E-state index in [-0.39, 0.29) is 12.3 Å². The van der Waals surface area contributed by atoms with Crippen LogP contribution in [-0.4, -0.2) is 45.2 Å². The number of halogens is 2. The lowest BCUT2D eigenvalue weighted by Crippen LogP contribution is -2.12. The third-order valence-electron chi connectivity index (χ3n) is 4.18. The van der Waals surface area contributed by atoms with Crippen LogP contribution in [0.3, 0.4) is 0 Å². The molecule has 154 valence electrons. The van der Waals surface area contributed by atoms with Crippen molar-refractivity contribution < 1.29 is 13.9 Å². The minimum Gasteiger partial charge on any atom is -0.395 e. The Labute approximate surface area is 174 Å². The van der Waals surface area contributed by atoms with E-state index in [0.717, 1.165) is 6.07 Å². The van der Waals surface area contributed by atoms with Crippen molar-refractivity contribution in [2.45, 2.75) is 0 Å². The lowest BCUT2D eigenvalue weighted by atomic mass is 10.2. The molecule has 8 nitrogen and oxygen atoms in total. The summed E-state index contributed by atoms with van der Waals surface area (Å²) in [5.41, 5.74) is 0.891. The highest BCUT2D eigenvalue weighted by atomic mass is 32.1. The van der Waals surface area contributed by atoms with Crippen LogP contribution in [0, 0.1) is 11.6 Å². The van der Waals surface area contributed by atoms with Crippen LogP contribution in [0.2, 0.25) is 0 Å². The molecule has 0 spiro atoms. The second-order valence-corrected chi connectivity index (χ2v) is 7.21. The third kappa shape index (κ3) is 4.26. The van der Waals surface area contributed by atoms with Gasteiger partial charge in [-0.15, -0.1) is 0 Å². The SMILES string of the molecule is CN(c1ccc2nc(Nc3cc(NCCO)ncn3)sc2n1)c1ccc(F)cc1F. The number of anilines is 5. The van der Waals surface area contributed by atoms with E-state index in [0.29, 0.717) is 39.5 Å². The maximum absolute atomic E-state index is 14.1. The molecule has 0 fully saturated rings. The van der Waals surface area contributed by atoms with Crippen LogP contribution >= 0.6 is 11.3 Å². The minimum atomic E-state index is -0.666. The molecule has 4 aromatic rings. The van der Waals surface area contributed by atoms with Gasteiger partial charge in [0.1, 0.15) is 45.8 Å². The van der Waals surface area contributed by atoms with E-state index < -0.39 is 11.6 Å². The molecule has 0 aliphatic heterocycles. The van der Waals surface area contributed by atoms with Gasteiger partial charge in [0.2, 0.25) is 0 Å². The van der Waals surface area contributed by atoms with Gasteiger partial charge in [-0.25, -0.2) is 28.7 Å². The minimum absolute atomic E-state index is 0.00505. The number of rotatable bonds is 7. The van der Waals surface area contributed by atoms with Gasteiger partial charge in [0.25, 0.3) is 0 Å². The Morgan fingerprint density at radius 3 is 2.70 bits per heavy atom. The van der Waals surface area contributed by atoms with Gasteiger partial charge in [-0.05, 0) is 24.3 Å². The molecular weight excluding hydrogens is 412 g/mol. The van der Waals surface area contributed by atoms with Gasteiger partial charge >= 0.3 is 0 Å². The maximum atomic E-state index is 14.1. The summed E-state index contributed by atoms with van der Waals surface area (Å²) in [5.74, 6) is 0.313. The van der Waals surface area contributed by atoms with Crippen molar-refractivity contribution in [3.63, 3.8) is 0 Å². The Hall–Kier alpha value is -3.44. The fraction of sp³-hybridized carbons (Fsp3) is 0.158. The normalized spacial score (nSPS) is 10.9. The Morgan fingerprint density at radius 1 is 1.07 bits per heavy atom. The number of thiazole rings is 1. The number of fused-ring (bicyclic) bond motifs is 1. The quantitative estimate of drug-likeness (QED) is 0.409. The summed E-state index contributed by atoms with van der Waals surface area (Å²) in [6.45, 7) is 0.376. The van der Waals surface area contributed by atoms with Crippen molar-refractivity contribution in [1.82, 2.24) is 19.9 Å². The van der Waals surface area contributed by atoms with E-state index in [1.54, 1.807) is 30.1 Å². The highest BCUT2D eigenvalue weighted by Gasteiger charge is 2.14. The van der Waals surface area contributed by atoms with Crippen molar-refractivity contribution in [1.29, 1.82) is 0 Å². The molecule has 3 N–H and O–H groups in total. The van der Waals surface area contributed by atoms with Gasteiger partial charge in [-0.3, -0.25) is 0 Å². The summed E-state index contributed by atoms with van der Waals surface area (Å²) in [4.78, 5) is 19.5. The summed E-state index contributed by atoms with van der Waals surface area (Å²) < 4.78 is 27.3. The zero-order chi connectivity index (χ0) is 21.1. The second-order valence-electron chi connectivity index (χ2n) is 6.23. The van der Waals surface area contributed by atoms with Crippen LogP contribution in [0.15, 0.2) is 42.7 Å². The predicted molar refractivity (Wildman–Crippen MR) is 113 cm³/mol. The van der Waals surface area contributed by atoms with Gasteiger partial charge in [0, 0.05) is 25.7 Å². The van der Waals surface area contributed by atoms with Crippen LogP contribution < -0.4 is 15.5 Å². The van der Waals surface area contributed by atoms with Crippen molar-refractivity contribution in [2.24, 2.45) is 0 Å². The molecule has 3 aromatic heterocycles. The molecule has 3 heterocycles.